The Morgan fingerprint density at radius 3 is 2.40 bits per heavy atom. The van der Waals surface area contributed by atoms with Crippen LogP contribution in [0.3, 0.4) is 0 Å². The lowest BCUT2D eigenvalue weighted by molar-refractivity contribution is -0.140. The molecular weight excluding hydrogens is 416 g/mol. The van der Waals surface area contributed by atoms with E-state index in [0.29, 0.717) is 36.2 Å². The smallest absolute Gasteiger partial charge is 0.242 e. The fraction of sp³-hybridized carbons (Fsp3) is 0.417. The van der Waals surface area contributed by atoms with Crippen LogP contribution in [0.1, 0.15) is 38.3 Å². The van der Waals surface area contributed by atoms with Gasteiger partial charge in [0.05, 0.1) is 0 Å². The molecule has 1 atom stereocenters. The van der Waals surface area contributed by atoms with Crippen LogP contribution in [0, 0.1) is 5.92 Å². The molecule has 2 aromatic carbocycles. The Hall–Kier alpha value is -1.98. The van der Waals surface area contributed by atoms with E-state index in [4.69, 9.17) is 11.6 Å². The van der Waals surface area contributed by atoms with Crippen molar-refractivity contribution in [2.75, 3.05) is 12.3 Å². The van der Waals surface area contributed by atoms with E-state index in [1.54, 1.807) is 29.7 Å². The van der Waals surface area contributed by atoms with Gasteiger partial charge in [-0.1, -0.05) is 67.9 Å². The third-order valence-electron chi connectivity index (χ3n) is 4.67. The molecular formula is C24H31ClN2O2S. The zero-order chi connectivity index (χ0) is 21.9. The topological polar surface area (TPSA) is 49.4 Å². The number of nitrogens with one attached hydrogen (secondary N) is 1. The van der Waals surface area contributed by atoms with Crippen molar-refractivity contribution in [3.63, 3.8) is 0 Å². The van der Waals surface area contributed by atoms with Crippen LogP contribution in [-0.4, -0.2) is 35.1 Å². The van der Waals surface area contributed by atoms with E-state index in [0.717, 1.165) is 11.3 Å². The predicted octanol–water partition coefficient (Wildman–Crippen LogP) is 5.15. The van der Waals surface area contributed by atoms with Gasteiger partial charge >= 0.3 is 0 Å². The predicted molar refractivity (Wildman–Crippen MR) is 127 cm³/mol. The summed E-state index contributed by atoms with van der Waals surface area (Å²) in [4.78, 5) is 27.3. The fourth-order valence-electron chi connectivity index (χ4n) is 2.93. The van der Waals surface area contributed by atoms with Crippen molar-refractivity contribution in [1.82, 2.24) is 10.2 Å². The van der Waals surface area contributed by atoms with Gasteiger partial charge in [0.15, 0.2) is 0 Å². The van der Waals surface area contributed by atoms with Crippen LogP contribution in [0.25, 0.3) is 0 Å². The number of nitrogens with zero attached hydrogens (tertiary/aromatic N) is 1. The number of halogens is 1. The van der Waals surface area contributed by atoms with E-state index in [1.807, 2.05) is 50.2 Å². The van der Waals surface area contributed by atoms with Crippen molar-refractivity contribution in [1.29, 1.82) is 0 Å². The highest BCUT2D eigenvalue weighted by atomic mass is 35.5. The van der Waals surface area contributed by atoms with E-state index in [-0.39, 0.29) is 11.8 Å². The molecule has 6 heteroatoms. The molecule has 30 heavy (non-hydrogen) atoms. The molecule has 0 radical (unpaired) electrons. The molecule has 0 spiro atoms. The highest BCUT2D eigenvalue weighted by molar-refractivity contribution is 7.98. The minimum atomic E-state index is -0.547. The fourth-order valence-corrected chi connectivity index (χ4v) is 4.04. The molecule has 0 saturated carbocycles. The first-order valence-electron chi connectivity index (χ1n) is 10.3. The van der Waals surface area contributed by atoms with Gasteiger partial charge in [-0.25, -0.2) is 0 Å². The molecule has 2 aromatic rings. The van der Waals surface area contributed by atoms with E-state index in [2.05, 4.69) is 17.4 Å². The number of carbonyl (C=O) groups is 2. The molecule has 2 amide bonds. The number of carbonyl (C=O) groups excluding carboxylic acids is 2. The van der Waals surface area contributed by atoms with Gasteiger partial charge in [0.1, 0.15) is 6.04 Å². The first-order chi connectivity index (χ1) is 14.4. The van der Waals surface area contributed by atoms with Crippen molar-refractivity contribution in [3.8, 4) is 0 Å². The summed E-state index contributed by atoms with van der Waals surface area (Å²) in [6, 6.07) is 17.1. The van der Waals surface area contributed by atoms with Crippen LogP contribution >= 0.6 is 23.4 Å². The van der Waals surface area contributed by atoms with E-state index in [9.17, 15) is 9.59 Å². The largest absolute Gasteiger partial charge is 0.354 e. The molecule has 0 fully saturated rings. The molecule has 0 saturated heterocycles. The normalized spacial score (nSPS) is 11.9. The van der Waals surface area contributed by atoms with Gasteiger partial charge in [0, 0.05) is 36.0 Å². The third-order valence-corrected chi connectivity index (χ3v) is 5.93. The number of hydrogen-bond donors (Lipinski definition) is 1. The lowest BCUT2D eigenvalue weighted by Gasteiger charge is -2.29. The summed E-state index contributed by atoms with van der Waals surface area (Å²) in [7, 11) is 0. The minimum absolute atomic E-state index is 0.0252. The molecule has 4 nitrogen and oxygen atoms in total. The maximum Gasteiger partial charge on any atom is 0.242 e. The summed E-state index contributed by atoms with van der Waals surface area (Å²) in [6.07, 6.45) is 0.389. The lowest BCUT2D eigenvalue weighted by atomic mass is 10.1. The molecule has 162 valence electrons. The summed E-state index contributed by atoms with van der Waals surface area (Å²) in [5.74, 6) is 1.78. The molecule has 0 aliphatic carbocycles. The Bertz CT molecular complexity index is 814. The van der Waals surface area contributed by atoms with Crippen LogP contribution in [0.5, 0.6) is 0 Å². The number of amides is 2. The monoisotopic (exact) mass is 446 g/mol. The SMILES string of the molecule is CC(C)CNC(=O)[C@@H](C)N(Cc1cccc(Cl)c1)C(=O)CCSCc1ccccc1. The molecule has 0 unspecified atom stereocenters. The highest BCUT2D eigenvalue weighted by Gasteiger charge is 2.25. The van der Waals surface area contributed by atoms with Gasteiger partial charge in [-0.05, 0) is 36.1 Å². The van der Waals surface area contributed by atoms with Gasteiger partial charge in [-0.3, -0.25) is 9.59 Å². The summed E-state index contributed by atoms with van der Waals surface area (Å²) in [5, 5.41) is 3.56. The average Bonchev–Trinajstić information content (AvgIpc) is 2.73. The molecule has 0 aromatic heterocycles. The Morgan fingerprint density at radius 1 is 1.03 bits per heavy atom. The quantitative estimate of drug-likeness (QED) is 0.485. The van der Waals surface area contributed by atoms with Crippen molar-refractivity contribution in [2.45, 2.75) is 45.5 Å². The summed E-state index contributed by atoms with van der Waals surface area (Å²) >= 11 is 7.84. The molecule has 0 heterocycles. The summed E-state index contributed by atoms with van der Waals surface area (Å²) in [6.45, 7) is 6.83. The zero-order valence-corrected chi connectivity index (χ0v) is 19.5. The summed E-state index contributed by atoms with van der Waals surface area (Å²) < 4.78 is 0. The zero-order valence-electron chi connectivity index (χ0n) is 17.9. The standard InChI is InChI=1S/C24H31ClN2O2S/c1-18(2)15-26-24(29)19(3)27(16-21-10-7-11-22(25)14-21)23(28)12-13-30-17-20-8-5-4-6-9-20/h4-11,14,18-19H,12-13,15-17H2,1-3H3,(H,26,29)/t19-/m1/s1. The number of benzene rings is 2. The Morgan fingerprint density at radius 2 is 1.73 bits per heavy atom. The van der Waals surface area contributed by atoms with Crippen molar-refractivity contribution < 1.29 is 9.59 Å². The van der Waals surface area contributed by atoms with E-state index >= 15 is 0 Å². The Balaban J connectivity index is 1.99. The maximum atomic E-state index is 13.0. The molecule has 0 aliphatic heterocycles. The van der Waals surface area contributed by atoms with Crippen LogP contribution in [0.15, 0.2) is 54.6 Å². The van der Waals surface area contributed by atoms with Gasteiger partial charge in [-0.15, -0.1) is 0 Å². The Labute approximate surface area is 189 Å². The van der Waals surface area contributed by atoms with Crippen LogP contribution in [0.2, 0.25) is 5.02 Å². The van der Waals surface area contributed by atoms with Crippen molar-refractivity contribution in [3.05, 3.63) is 70.7 Å². The lowest BCUT2D eigenvalue weighted by Crippen LogP contribution is -2.48. The molecule has 0 aliphatic rings. The summed E-state index contributed by atoms with van der Waals surface area (Å²) in [5.41, 5.74) is 2.16. The van der Waals surface area contributed by atoms with Crippen molar-refractivity contribution in [2.24, 2.45) is 5.92 Å². The van der Waals surface area contributed by atoms with Gasteiger partial charge < -0.3 is 10.2 Å². The third kappa shape index (κ3) is 8.41. The first-order valence-corrected chi connectivity index (χ1v) is 11.8. The second-order valence-corrected chi connectivity index (χ2v) is 9.30. The van der Waals surface area contributed by atoms with Gasteiger partial charge in [0.25, 0.3) is 0 Å². The average molecular weight is 447 g/mol. The van der Waals surface area contributed by atoms with E-state index < -0.39 is 6.04 Å². The number of hydrogen-bond acceptors (Lipinski definition) is 3. The second-order valence-electron chi connectivity index (χ2n) is 7.75. The molecule has 2 rings (SSSR count). The number of thioether (sulfide) groups is 1. The molecule has 1 N–H and O–H groups in total. The van der Waals surface area contributed by atoms with E-state index in [1.165, 1.54) is 5.56 Å². The highest BCUT2D eigenvalue weighted by Crippen LogP contribution is 2.18. The number of rotatable bonds is 11. The first kappa shape index (κ1) is 24.3. The van der Waals surface area contributed by atoms with Crippen LogP contribution in [0.4, 0.5) is 0 Å². The van der Waals surface area contributed by atoms with Gasteiger partial charge in [-0.2, -0.15) is 11.8 Å². The molecule has 0 bridgehead atoms. The van der Waals surface area contributed by atoms with Crippen LogP contribution in [-0.2, 0) is 21.9 Å². The maximum absolute atomic E-state index is 13.0. The Kier molecular flexibility index (Phi) is 10.2. The minimum Gasteiger partial charge on any atom is -0.354 e. The van der Waals surface area contributed by atoms with Gasteiger partial charge in [0.2, 0.25) is 11.8 Å². The van der Waals surface area contributed by atoms with Crippen molar-refractivity contribution >= 4 is 35.2 Å². The second kappa shape index (κ2) is 12.7. The van der Waals surface area contributed by atoms with Crippen LogP contribution < -0.4 is 5.32 Å².